The highest BCUT2D eigenvalue weighted by atomic mass is 16.5. The van der Waals surface area contributed by atoms with Gasteiger partial charge in [0.2, 0.25) is 5.95 Å². The van der Waals surface area contributed by atoms with Crippen LogP contribution in [0, 0.1) is 6.92 Å². The molecule has 9 nitrogen and oxygen atoms in total. The molecule has 9 heteroatoms. The van der Waals surface area contributed by atoms with E-state index in [4.69, 9.17) is 14.5 Å². The van der Waals surface area contributed by atoms with Crippen LogP contribution in [0.25, 0.3) is 22.2 Å². The topological polar surface area (TPSA) is 93.5 Å². The van der Waals surface area contributed by atoms with Crippen molar-refractivity contribution in [3.8, 4) is 22.8 Å². The molecular formula is C29H34N6O3. The van der Waals surface area contributed by atoms with E-state index >= 15 is 0 Å². The first-order valence-electron chi connectivity index (χ1n) is 12.3. The lowest BCUT2D eigenvalue weighted by Gasteiger charge is -2.18. The van der Waals surface area contributed by atoms with Crippen LogP contribution < -0.4 is 20.1 Å². The second-order valence-corrected chi connectivity index (χ2v) is 9.36. The Labute approximate surface area is 223 Å². The van der Waals surface area contributed by atoms with Crippen molar-refractivity contribution in [2.24, 2.45) is 7.05 Å². The molecule has 0 aliphatic rings. The standard InChI is InChI=1S/C29H34N6O3/c1-18(2)28(36)31-23-16-22(25(37-7)17-26(23)38-15-14-34(4)5)33-29-30-13-12-21(32-29)27-19(3)35(6)24-11-9-8-10-20(24)27/h8-13,16-17H,1,14-15H2,2-7H3,(H,31,36)(H,30,32,33). The molecular weight excluding hydrogens is 480 g/mol. The molecule has 198 valence electrons. The molecule has 0 saturated heterocycles. The zero-order valence-corrected chi connectivity index (χ0v) is 22.8. The molecule has 0 aliphatic heterocycles. The van der Waals surface area contributed by atoms with Gasteiger partial charge < -0.3 is 29.6 Å². The van der Waals surface area contributed by atoms with E-state index in [1.165, 1.54) is 0 Å². The van der Waals surface area contributed by atoms with Crippen LogP contribution in [0.15, 0.2) is 60.8 Å². The lowest BCUT2D eigenvalue weighted by atomic mass is 10.1. The summed E-state index contributed by atoms with van der Waals surface area (Å²) in [6.45, 7) is 8.62. The molecule has 0 unspecified atom stereocenters. The fourth-order valence-electron chi connectivity index (χ4n) is 4.13. The minimum Gasteiger partial charge on any atom is -0.494 e. The summed E-state index contributed by atoms with van der Waals surface area (Å²) in [7, 11) is 7.56. The molecule has 2 aromatic carbocycles. The first-order chi connectivity index (χ1) is 18.2. The molecule has 0 fully saturated rings. The number of nitrogens with one attached hydrogen (secondary N) is 2. The quantitative estimate of drug-likeness (QED) is 0.283. The third kappa shape index (κ3) is 5.63. The molecule has 0 atom stereocenters. The van der Waals surface area contributed by atoms with E-state index in [-0.39, 0.29) is 5.91 Å². The molecule has 38 heavy (non-hydrogen) atoms. The van der Waals surface area contributed by atoms with Crippen molar-refractivity contribution < 1.29 is 14.3 Å². The number of ether oxygens (including phenoxy) is 2. The Bertz CT molecular complexity index is 1490. The maximum Gasteiger partial charge on any atom is 0.250 e. The average Bonchev–Trinajstić information content (AvgIpc) is 3.14. The van der Waals surface area contributed by atoms with Gasteiger partial charge in [0.1, 0.15) is 18.1 Å². The Hall–Kier alpha value is -4.37. The number of rotatable bonds is 10. The van der Waals surface area contributed by atoms with Gasteiger partial charge in [0.15, 0.2) is 0 Å². The van der Waals surface area contributed by atoms with E-state index in [9.17, 15) is 4.79 Å². The van der Waals surface area contributed by atoms with Crippen molar-refractivity contribution in [1.82, 2.24) is 19.4 Å². The number of carbonyl (C=O) groups excluding carboxylic acids is 1. The summed E-state index contributed by atoms with van der Waals surface area (Å²) in [6.07, 6.45) is 1.72. The minimum atomic E-state index is -0.303. The molecule has 1 amide bonds. The number of para-hydroxylation sites is 1. The summed E-state index contributed by atoms with van der Waals surface area (Å²) >= 11 is 0. The summed E-state index contributed by atoms with van der Waals surface area (Å²) in [5, 5.41) is 7.26. The first kappa shape index (κ1) is 26.7. The number of amides is 1. The average molecular weight is 515 g/mol. The Balaban J connectivity index is 1.71. The molecule has 0 spiro atoms. The second kappa shape index (κ2) is 11.4. The van der Waals surface area contributed by atoms with E-state index in [2.05, 4.69) is 52.9 Å². The van der Waals surface area contributed by atoms with Crippen LogP contribution in [0.1, 0.15) is 12.6 Å². The van der Waals surface area contributed by atoms with Crippen LogP contribution in [-0.2, 0) is 11.8 Å². The number of hydrogen-bond donors (Lipinski definition) is 2. The van der Waals surface area contributed by atoms with Gasteiger partial charge in [-0.2, -0.15) is 0 Å². The van der Waals surface area contributed by atoms with Crippen molar-refractivity contribution in [1.29, 1.82) is 0 Å². The van der Waals surface area contributed by atoms with Crippen LogP contribution >= 0.6 is 0 Å². The second-order valence-electron chi connectivity index (χ2n) is 9.36. The summed E-state index contributed by atoms with van der Waals surface area (Å²) in [6, 6.07) is 13.6. The van der Waals surface area contributed by atoms with E-state index in [0.717, 1.165) is 27.9 Å². The fourth-order valence-corrected chi connectivity index (χ4v) is 4.13. The molecule has 2 heterocycles. The largest absolute Gasteiger partial charge is 0.494 e. The number of benzene rings is 2. The highest BCUT2D eigenvalue weighted by molar-refractivity contribution is 6.04. The number of anilines is 3. The van der Waals surface area contributed by atoms with E-state index in [1.54, 1.807) is 32.4 Å². The van der Waals surface area contributed by atoms with E-state index < -0.39 is 0 Å². The number of nitrogens with zero attached hydrogens (tertiary/aromatic N) is 4. The maximum absolute atomic E-state index is 12.5. The fraction of sp³-hybridized carbons (Fsp3) is 0.276. The number of carbonyl (C=O) groups is 1. The zero-order valence-electron chi connectivity index (χ0n) is 22.8. The molecule has 0 saturated carbocycles. The predicted molar refractivity (Wildman–Crippen MR) is 152 cm³/mol. The van der Waals surface area contributed by atoms with Crippen molar-refractivity contribution in [2.45, 2.75) is 13.8 Å². The van der Waals surface area contributed by atoms with Crippen LogP contribution in [0.5, 0.6) is 11.5 Å². The summed E-state index contributed by atoms with van der Waals surface area (Å²) in [4.78, 5) is 23.7. The van der Waals surface area contributed by atoms with Gasteiger partial charge in [0, 0.05) is 53.6 Å². The van der Waals surface area contributed by atoms with Crippen LogP contribution in [0.3, 0.4) is 0 Å². The number of aromatic nitrogens is 3. The summed E-state index contributed by atoms with van der Waals surface area (Å²) in [5.41, 5.74) is 5.55. The van der Waals surface area contributed by atoms with Crippen LogP contribution in [0.2, 0.25) is 0 Å². The number of likely N-dealkylation sites (N-methyl/N-ethyl adjacent to an activating group) is 1. The normalized spacial score (nSPS) is 11.0. The van der Waals surface area contributed by atoms with E-state index in [0.29, 0.717) is 47.5 Å². The molecule has 0 radical (unpaired) electrons. The highest BCUT2D eigenvalue weighted by Crippen LogP contribution is 2.38. The first-order valence-corrected chi connectivity index (χ1v) is 12.3. The Morgan fingerprint density at radius 2 is 1.89 bits per heavy atom. The molecule has 4 aromatic rings. The zero-order chi connectivity index (χ0) is 27.4. The Morgan fingerprint density at radius 3 is 2.61 bits per heavy atom. The third-order valence-corrected chi connectivity index (χ3v) is 6.29. The molecule has 2 N–H and O–H groups in total. The van der Waals surface area contributed by atoms with Gasteiger partial charge >= 0.3 is 0 Å². The lowest BCUT2D eigenvalue weighted by molar-refractivity contribution is -0.112. The molecule has 0 bridgehead atoms. The van der Waals surface area contributed by atoms with E-state index in [1.807, 2.05) is 37.2 Å². The number of hydrogen-bond acceptors (Lipinski definition) is 7. The van der Waals surface area contributed by atoms with Gasteiger partial charge in [0.25, 0.3) is 5.91 Å². The molecule has 4 rings (SSSR count). The van der Waals surface area contributed by atoms with Gasteiger partial charge in [-0.1, -0.05) is 24.8 Å². The number of fused-ring (bicyclic) bond motifs is 1. The third-order valence-electron chi connectivity index (χ3n) is 6.29. The molecule has 2 aromatic heterocycles. The lowest BCUT2D eigenvalue weighted by Crippen LogP contribution is -2.20. The Kier molecular flexibility index (Phi) is 7.97. The van der Waals surface area contributed by atoms with Gasteiger partial charge in [-0.25, -0.2) is 9.97 Å². The smallest absolute Gasteiger partial charge is 0.250 e. The highest BCUT2D eigenvalue weighted by Gasteiger charge is 2.18. The minimum absolute atomic E-state index is 0.303. The number of aryl methyl sites for hydroxylation is 1. The van der Waals surface area contributed by atoms with Crippen molar-refractivity contribution >= 4 is 34.1 Å². The summed E-state index contributed by atoms with van der Waals surface area (Å²) in [5.74, 6) is 1.10. The predicted octanol–water partition coefficient (Wildman–Crippen LogP) is 5.15. The maximum atomic E-state index is 12.5. The SMILES string of the molecule is C=C(C)C(=O)Nc1cc(Nc2nccc(-c3c(C)n(C)c4ccccc34)n2)c(OC)cc1OCCN(C)C. The van der Waals surface area contributed by atoms with Gasteiger partial charge in [-0.3, -0.25) is 4.79 Å². The van der Waals surface area contributed by atoms with Crippen molar-refractivity contribution in [3.05, 3.63) is 66.5 Å². The van der Waals surface area contributed by atoms with Crippen molar-refractivity contribution in [2.75, 3.05) is 45.0 Å². The summed E-state index contributed by atoms with van der Waals surface area (Å²) < 4.78 is 13.8. The van der Waals surface area contributed by atoms with Gasteiger partial charge in [-0.15, -0.1) is 0 Å². The van der Waals surface area contributed by atoms with Gasteiger partial charge in [0.05, 0.1) is 24.2 Å². The van der Waals surface area contributed by atoms with Crippen LogP contribution in [-0.4, -0.2) is 59.7 Å². The number of methoxy groups -OCH3 is 1. The van der Waals surface area contributed by atoms with Gasteiger partial charge in [-0.05, 0) is 46.1 Å². The monoisotopic (exact) mass is 514 g/mol. The molecule has 0 aliphatic carbocycles. The van der Waals surface area contributed by atoms with Crippen molar-refractivity contribution in [3.63, 3.8) is 0 Å². The van der Waals surface area contributed by atoms with Crippen LogP contribution in [0.4, 0.5) is 17.3 Å². The Morgan fingerprint density at radius 1 is 1.13 bits per heavy atom.